The first-order valence-corrected chi connectivity index (χ1v) is 10.6. The Morgan fingerprint density at radius 3 is 2.17 bits per heavy atom. The standard InChI is InChI=1S/C24H18ClNO3S/c1-29-20-13-11-19(12-14-20)26-23(27)21(17-7-9-18(25)10-8-17)22(24(26)28)30-15-16-5-3-2-4-6-16/h2-14H,15H2,1H3. The smallest absolute Gasteiger partial charge is 0.272 e. The lowest BCUT2D eigenvalue weighted by Gasteiger charge is -2.15. The molecule has 0 atom stereocenters. The van der Waals surface area contributed by atoms with Crippen molar-refractivity contribution in [3.8, 4) is 5.75 Å². The van der Waals surface area contributed by atoms with Crippen LogP contribution in [0.15, 0.2) is 83.8 Å². The van der Waals surface area contributed by atoms with Gasteiger partial charge in [-0.3, -0.25) is 9.59 Å². The molecule has 0 aromatic heterocycles. The molecule has 2 amide bonds. The highest BCUT2D eigenvalue weighted by Gasteiger charge is 2.40. The van der Waals surface area contributed by atoms with Crippen molar-refractivity contribution < 1.29 is 14.3 Å². The molecule has 1 aliphatic heterocycles. The third-order valence-electron chi connectivity index (χ3n) is 4.73. The van der Waals surface area contributed by atoms with Gasteiger partial charge in [-0.05, 0) is 47.5 Å². The van der Waals surface area contributed by atoms with E-state index in [1.54, 1.807) is 55.6 Å². The number of methoxy groups -OCH3 is 1. The number of amides is 2. The van der Waals surface area contributed by atoms with Crippen molar-refractivity contribution in [2.24, 2.45) is 0 Å². The number of ether oxygens (including phenoxy) is 1. The van der Waals surface area contributed by atoms with Crippen molar-refractivity contribution in [3.63, 3.8) is 0 Å². The van der Waals surface area contributed by atoms with E-state index in [4.69, 9.17) is 16.3 Å². The molecule has 0 saturated heterocycles. The molecule has 1 heterocycles. The number of benzene rings is 3. The number of thioether (sulfide) groups is 1. The summed E-state index contributed by atoms with van der Waals surface area (Å²) in [5, 5.41) is 0.571. The van der Waals surface area contributed by atoms with E-state index in [0.717, 1.165) is 5.56 Å². The van der Waals surface area contributed by atoms with E-state index in [9.17, 15) is 9.59 Å². The minimum Gasteiger partial charge on any atom is -0.497 e. The minimum absolute atomic E-state index is 0.323. The Hall–Kier alpha value is -3.02. The van der Waals surface area contributed by atoms with Crippen molar-refractivity contribution in [2.75, 3.05) is 12.0 Å². The number of hydrogen-bond acceptors (Lipinski definition) is 4. The summed E-state index contributed by atoms with van der Waals surface area (Å²) in [6.07, 6.45) is 0. The van der Waals surface area contributed by atoms with E-state index in [2.05, 4.69) is 0 Å². The Balaban J connectivity index is 1.72. The maximum atomic E-state index is 13.3. The molecule has 6 heteroatoms. The third kappa shape index (κ3) is 3.99. The first kappa shape index (κ1) is 20.3. The third-order valence-corrected chi connectivity index (χ3v) is 6.13. The maximum Gasteiger partial charge on any atom is 0.272 e. The number of carbonyl (C=O) groups excluding carboxylic acids is 2. The number of carbonyl (C=O) groups is 2. The highest BCUT2D eigenvalue weighted by Crippen LogP contribution is 2.40. The van der Waals surface area contributed by atoms with Crippen LogP contribution in [-0.2, 0) is 15.3 Å². The number of rotatable bonds is 6. The summed E-state index contributed by atoms with van der Waals surface area (Å²) >= 11 is 7.39. The Morgan fingerprint density at radius 2 is 1.53 bits per heavy atom. The highest BCUT2D eigenvalue weighted by atomic mass is 35.5. The first-order valence-electron chi connectivity index (χ1n) is 9.28. The van der Waals surface area contributed by atoms with Crippen molar-refractivity contribution in [1.29, 1.82) is 0 Å². The van der Waals surface area contributed by atoms with Gasteiger partial charge in [0.25, 0.3) is 11.8 Å². The molecular weight excluding hydrogens is 418 g/mol. The first-order chi connectivity index (χ1) is 14.6. The van der Waals surface area contributed by atoms with Gasteiger partial charge in [0.05, 0.1) is 23.3 Å². The number of anilines is 1. The van der Waals surface area contributed by atoms with E-state index in [0.29, 0.717) is 38.3 Å². The molecule has 30 heavy (non-hydrogen) atoms. The van der Waals surface area contributed by atoms with Crippen LogP contribution in [0, 0.1) is 0 Å². The van der Waals surface area contributed by atoms with Gasteiger partial charge in [-0.2, -0.15) is 0 Å². The molecule has 0 spiro atoms. The van der Waals surface area contributed by atoms with Gasteiger partial charge in [-0.25, -0.2) is 4.90 Å². The Morgan fingerprint density at radius 1 is 0.867 bits per heavy atom. The summed E-state index contributed by atoms with van der Waals surface area (Å²) in [7, 11) is 1.57. The Bertz CT molecular complexity index is 1110. The van der Waals surface area contributed by atoms with Gasteiger partial charge in [-0.15, -0.1) is 11.8 Å². The van der Waals surface area contributed by atoms with E-state index >= 15 is 0 Å². The zero-order valence-electron chi connectivity index (χ0n) is 16.2. The van der Waals surface area contributed by atoms with E-state index in [1.165, 1.54) is 16.7 Å². The number of nitrogens with zero attached hydrogens (tertiary/aromatic N) is 1. The van der Waals surface area contributed by atoms with E-state index in [1.807, 2.05) is 30.3 Å². The summed E-state index contributed by atoms with van der Waals surface area (Å²) in [4.78, 5) is 28.3. The van der Waals surface area contributed by atoms with Crippen LogP contribution in [-0.4, -0.2) is 18.9 Å². The Labute approximate surface area is 184 Å². The van der Waals surface area contributed by atoms with Crippen LogP contribution in [0.5, 0.6) is 5.75 Å². The lowest BCUT2D eigenvalue weighted by molar-refractivity contribution is -0.119. The van der Waals surface area contributed by atoms with Crippen LogP contribution in [0.3, 0.4) is 0 Å². The van der Waals surface area contributed by atoms with Crippen LogP contribution in [0.1, 0.15) is 11.1 Å². The fourth-order valence-electron chi connectivity index (χ4n) is 3.21. The van der Waals surface area contributed by atoms with E-state index in [-0.39, 0.29) is 11.8 Å². The summed E-state index contributed by atoms with van der Waals surface area (Å²) in [5.41, 5.74) is 2.65. The summed E-state index contributed by atoms with van der Waals surface area (Å²) in [6, 6.07) is 23.7. The van der Waals surface area contributed by atoms with Crippen LogP contribution in [0.2, 0.25) is 5.02 Å². The Kier molecular flexibility index (Phi) is 5.93. The topological polar surface area (TPSA) is 46.6 Å². The van der Waals surface area contributed by atoms with Gasteiger partial charge >= 0.3 is 0 Å². The molecule has 0 fully saturated rings. The average molecular weight is 436 g/mol. The predicted molar refractivity (Wildman–Crippen MR) is 122 cm³/mol. The van der Waals surface area contributed by atoms with E-state index < -0.39 is 0 Å². The molecule has 0 radical (unpaired) electrons. The van der Waals surface area contributed by atoms with Gasteiger partial charge in [0.1, 0.15) is 5.75 Å². The molecule has 4 nitrogen and oxygen atoms in total. The fraction of sp³-hybridized carbons (Fsp3) is 0.0833. The van der Waals surface area contributed by atoms with Gasteiger partial charge < -0.3 is 4.74 Å². The van der Waals surface area contributed by atoms with Crippen LogP contribution >= 0.6 is 23.4 Å². The zero-order chi connectivity index (χ0) is 21.1. The minimum atomic E-state index is -0.344. The van der Waals surface area contributed by atoms with Crippen molar-refractivity contribution >= 4 is 46.4 Å². The predicted octanol–water partition coefficient (Wildman–Crippen LogP) is 5.57. The average Bonchev–Trinajstić information content (AvgIpc) is 3.03. The summed E-state index contributed by atoms with van der Waals surface area (Å²) < 4.78 is 5.18. The molecule has 150 valence electrons. The molecule has 1 aliphatic rings. The van der Waals surface area contributed by atoms with Crippen molar-refractivity contribution in [1.82, 2.24) is 0 Å². The second kappa shape index (κ2) is 8.78. The van der Waals surface area contributed by atoms with Gasteiger partial charge in [0.2, 0.25) is 0 Å². The zero-order valence-corrected chi connectivity index (χ0v) is 17.7. The maximum absolute atomic E-state index is 13.3. The molecule has 3 aromatic carbocycles. The van der Waals surface area contributed by atoms with Crippen molar-refractivity contribution in [3.05, 3.63) is 99.9 Å². The monoisotopic (exact) mass is 435 g/mol. The van der Waals surface area contributed by atoms with Crippen LogP contribution < -0.4 is 9.64 Å². The van der Waals surface area contributed by atoms with Crippen LogP contribution in [0.4, 0.5) is 5.69 Å². The summed E-state index contributed by atoms with van der Waals surface area (Å²) in [6.45, 7) is 0. The molecule has 0 unspecified atom stereocenters. The fourth-order valence-corrected chi connectivity index (χ4v) is 4.40. The molecule has 0 aliphatic carbocycles. The number of halogens is 1. The quantitative estimate of drug-likeness (QED) is 0.475. The summed E-state index contributed by atoms with van der Waals surface area (Å²) in [5.74, 6) is 0.574. The highest BCUT2D eigenvalue weighted by molar-refractivity contribution is 8.03. The second-order valence-corrected chi connectivity index (χ2v) is 8.05. The van der Waals surface area contributed by atoms with Gasteiger partial charge in [0.15, 0.2) is 0 Å². The van der Waals surface area contributed by atoms with Gasteiger partial charge in [-0.1, -0.05) is 54.1 Å². The molecule has 3 aromatic rings. The lowest BCUT2D eigenvalue weighted by Crippen LogP contribution is -2.31. The largest absolute Gasteiger partial charge is 0.497 e. The number of imide groups is 1. The second-order valence-electron chi connectivity index (χ2n) is 6.63. The molecule has 0 N–H and O–H groups in total. The molecule has 0 bridgehead atoms. The number of hydrogen-bond donors (Lipinski definition) is 0. The van der Waals surface area contributed by atoms with Gasteiger partial charge in [0, 0.05) is 10.8 Å². The molecule has 4 rings (SSSR count). The van der Waals surface area contributed by atoms with Crippen LogP contribution in [0.25, 0.3) is 5.57 Å². The van der Waals surface area contributed by atoms with Crippen molar-refractivity contribution in [2.45, 2.75) is 5.75 Å². The SMILES string of the molecule is COc1ccc(N2C(=O)C(SCc3ccccc3)=C(c3ccc(Cl)cc3)C2=O)cc1. The normalized spacial score (nSPS) is 13.9. The lowest BCUT2D eigenvalue weighted by atomic mass is 10.1. The molecule has 0 saturated carbocycles. The molecular formula is C24H18ClNO3S.